The molecule has 1 aromatic rings. The van der Waals surface area contributed by atoms with E-state index in [4.69, 9.17) is 10.5 Å². The molecule has 4 nitrogen and oxygen atoms in total. The molecule has 15 heavy (non-hydrogen) atoms. The summed E-state index contributed by atoms with van der Waals surface area (Å²) in [4.78, 5) is 7.96. The second-order valence-corrected chi connectivity index (χ2v) is 3.95. The van der Waals surface area contributed by atoms with Gasteiger partial charge in [-0.05, 0) is 25.7 Å². The molecule has 1 aromatic heterocycles. The summed E-state index contributed by atoms with van der Waals surface area (Å²) in [5, 5.41) is 0. The smallest absolute Gasteiger partial charge is 0.115 e. The highest BCUT2D eigenvalue weighted by Gasteiger charge is 2.36. The van der Waals surface area contributed by atoms with Gasteiger partial charge >= 0.3 is 0 Å². The molecule has 1 fully saturated rings. The summed E-state index contributed by atoms with van der Waals surface area (Å²) >= 11 is 0. The van der Waals surface area contributed by atoms with Crippen LogP contribution in [0.5, 0.6) is 0 Å². The molecule has 2 atom stereocenters. The van der Waals surface area contributed by atoms with Gasteiger partial charge in [-0.3, -0.25) is 0 Å². The monoisotopic (exact) mass is 207 g/mol. The maximum absolute atomic E-state index is 6.16. The molecule has 82 valence electrons. The fraction of sp³-hybridized carbons (Fsp3) is 0.636. The average Bonchev–Trinajstić information content (AvgIpc) is 3.10. The molecular formula is C11H17N3O. The quantitative estimate of drug-likeness (QED) is 0.790. The molecule has 0 aliphatic heterocycles. The Morgan fingerprint density at radius 1 is 1.47 bits per heavy atom. The summed E-state index contributed by atoms with van der Waals surface area (Å²) in [7, 11) is 0. The summed E-state index contributed by atoms with van der Waals surface area (Å²) in [6.45, 7) is 2.71. The molecule has 0 spiro atoms. The number of hydrogen-bond acceptors (Lipinski definition) is 4. The Labute approximate surface area is 89.9 Å². The highest BCUT2D eigenvalue weighted by molar-refractivity contribution is 5.12. The lowest BCUT2D eigenvalue weighted by atomic mass is 10.0. The molecule has 0 radical (unpaired) electrons. The first kappa shape index (κ1) is 10.5. The van der Waals surface area contributed by atoms with Gasteiger partial charge in [-0.25, -0.2) is 9.97 Å². The number of nitrogens with zero attached hydrogens (tertiary/aromatic N) is 2. The summed E-state index contributed by atoms with van der Waals surface area (Å²) in [5.41, 5.74) is 7.12. The van der Waals surface area contributed by atoms with Crippen molar-refractivity contribution in [1.82, 2.24) is 9.97 Å². The molecule has 2 N–H and O–H groups in total. The molecule has 0 aromatic carbocycles. The average molecular weight is 207 g/mol. The minimum atomic E-state index is -0.0985. The van der Waals surface area contributed by atoms with Gasteiger partial charge in [-0.1, -0.05) is 0 Å². The largest absolute Gasteiger partial charge is 0.376 e. The van der Waals surface area contributed by atoms with Crippen molar-refractivity contribution in [1.29, 1.82) is 0 Å². The Morgan fingerprint density at radius 3 is 2.67 bits per heavy atom. The zero-order chi connectivity index (χ0) is 10.7. The van der Waals surface area contributed by atoms with Crippen LogP contribution in [-0.2, 0) is 4.74 Å². The maximum atomic E-state index is 6.16. The van der Waals surface area contributed by atoms with Crippen LogP contribution in [0.25, 0.3) is 0 Å². The van der Waals surface area contributed by atoms with Crippen LogP contribution >= 0.6 is 0 Å². The lowest BCUT2D eigenvalue weighted by Gasteiger charge is -2.23. The molecule has 2 unspecified atom stereocenters. The molecule has 0 saturated heterocycles. The highest BCUT2D eigenvalue weighted by atomic mass is 16.5. The van der Waals surface area contributed by atoms with E-state index in [0.717, 1.165) is 5.56 Å². The van der Waals surface area contributed by atoms with Gasteiger partial charge in [0.1, 0.15) is 6.33 Å². The number of rotatable bonds is 5. The second kappa shape index (κ2) is 4.68. The molecule has 0 amide bonds. The molecule has 1 heterocycles. The van der Waals surface area contributed by atoms with Crippen LogP contribution in [0, 0.1) is 5.92 Å². The highest BCUT2D eigenvalue weighted by Crippen LogP contribution is 2.38. The van der Waals surface area contributed by atoms with Crippen molar-refractivity contribution >= 4 is 0 Å². The SMILES string of the molecule is CCOC(C1CC1)C(N)c1cncnc1. The van der Waals surface area contributed by atoms with E-state index in [1.165, 1.54) is 19.2 Å². The van der Waals surface area contributed by atoms with Crippen LogP contribution in [0.3, 0.4) is 0 Å². The zero-order valence-electron chi connectivity index (χ0n) is 8.97. The predicted octanol–water partition coefficient (Wildman–Crippen LogP) is 1.29. The van der Waals surface area contributed by atoms with Gasteiger partial charge in [0, 0.05) is 24.6 Å². The third-order valence-electron chi connectivity index (χ3n) is 2.77. The fourth-order valence-corrected chi connectivity index (χ4v) is 1.82. The normalized spacial score (nSPS) is 19.9. The Kier molecular flexibility index (Phi) is 3.28. The summed E-state index contributed by atoms with van der Waals surface area (Å²) < 4.78 is 5.70. The second-order valence-electron chi connectivity index (χ2n) is 3.95. The van der Waals surface area contributed by atoms with Gasteiger partial charge in [0.2, 0.25) is 0 Å². The van der Waals surface area contributed by atoms with Crippen LogP contribution < -0.4 is 5.73 Å². The standard InChI is InChI=1S/C11H17N3O/c1-2-15-11(8-3-4-8)10(12)9-5-13-7-14-6-9/h5-8,10-11H,2-4,12H2,1H3. The first-order valence-electron chi connectivity index (χ1n) is 5.45. The minimum absolute atomic E-state index is 0.0985. The fourth-order valence-electron chi connectivity index (χ4n) is 1.82. The van der Waals surface area contributed by atoms with Gasteiger partial charge in [0.15, 0.2) is 0 Å². The van der Waals surface area contributed by atoms with Crippen molar-refractivity contribution in [3.05, 3.63) is 24.3 Å². The number of nitrogens with two attached hydrogens (primary N) is 1. The Bertz CT molecular complexity index is 300. The van der Waals surface area contributed by atoms with Crippen LogP contribution in [0.15, 0.2) is 18.7 Å². The summed E-state index contributed by atoms with van der Waals surface area (Å²) in [6, 6.07) is -0.0985. The Balaban J connectivity index is 2.07. The number of ether oxygens (including phenoxy) is 1. The number of hydrogen-bond donors (Lipinski definition) is 1. The first-order chi connectivity index (χ1) is 7.33. The van der Waals surface area contributed by atoms with Crippen molar-refractivity contribution in [2.75, 3.05) is 6.61 Å². The minimum Gasteiger partial charge on any atom is -0.376 e. The van der Waals surface area contributed by atoms with Crippen molar-refractivity contribution in [3.8, 4) is 0 Å². The van der Waals surface area contributed by atoms with Crippen molar-refractivity contribution < 1.29 is 4.74 Å². The molecule has 4 heteroatoms. The van der Waals surface area contributed by atoms with Gasteiger partial charge in [-0.15, -0.1) is 0 Å². The topological polar surface area (TPSA) is 61.0 Å². The van der Waals surface area contributed by atoms with Crippen LogP contribution in [0.1, 0.15) is 31.4 Å². The molecular weight excluding hydrogens is 190 g/mol. The van der Waals surface area contributed by atoms with Gasteiger partial charge in [-0.2, -0.15) is 0 Å². The van der Waals surface area contributed by atoms with E-state index in [2.05, 4.69) is 9.97 Å². The Hall–Kier alpha value is -1.00. The number of aromatic nitrogens is 2. The van der Waals surface area contributed by atoms with E-state index in [9.17, 15) is 0 Å². The lowest BCUT2D eigenvalue weighted by Crippen LogP contribution is -2.31. The van der Waals surface area contributed by atoms with Gasteiger partial charge in [0.05, 0.1) is 12.1 Å². The predicted molar refractivity (Wildman–Crippen MR) is 57.1 cm³/mol. The first-order valence-corrected chi connectivity index (χ1v) is 5.45. The summed E-state index contributed by atoms with van der Waals surface area (Å²) in [5.74, 6) is 0.625. The van der Waals surface area contributed by atoms with Crippen LogP contribution in [0.2, 0.25) is 0 Å². The summed E-state index contributed by atoms with van der Waals surface area (Å²) in [6.07, 6.45) is 7.64. The van der Waals surface area contributed by atoms with Crippen LogP contribution in [0.4, 0.5) is 0 Å². The van der Waals surface area contributed by atoms with E-state index in [1.807, 2.05) is 6.92 Å². The van der Waals surface area contributed by atoms with Gasteiger partial charge < -0.3 is 10.5 Å². The molecule has 1 aliphatic rings. The third-order valence-corrected chi connectivity index (χ3v) is 2.77. The van der Waals surface area contributed by atoms with Crippen molar-refractivity contribution in [2.45, 2.75) is 31.9 Å². The molecule has 0 bridgehead atoms. The van der Waals surface area contributed by atoms with Crippen LogP contribution in [-0.4, -0.2) is 22.7 Å². The molecule has 1 aliphatic carbocycles. The third kappa shape index (κ3) is 2.52. The molecule has 2 rings (SSSR count). The van der Waals surface area contributed by atoms with E-state index in [-0.39, 0.29) is 12.1 Å². The van der Waals surface area contributed by atoms with E-state index in [0.29, 0.717) is 12.5 Å². The van der Waals surface area contributed by atoms with Crippen molar-refractivity contribution in [2.24, 2.45) is 11.7 Å². The molecule has 1 saturated carbocycles. The van der Waals surface area contributed by atoms with E-state index >= 15 is 0 Å². The Morgan fingerprint density at radius 2 is 2.13 bits per heavy atom. The lowest BCUT2D eigenvalue weighted by molar-refractivity contribution is 0.0281. The van der Waals surface area contributed by atoms with E-state index in [1.54, 1.807) is 12.4 Å². The zero-order valence-corrected chi connectivity index (χ0v) is 8.97. The van der Waals surface area contributed by atoms with Crippen molar-refractivity contribution in [3.63, 3.8) is 0 Å². The maximum Gasteiger partial charge on any atom is 0.115 e. The van der Waals surface area contributed by atoms with E-state index < -0.39 is 0 Å². The van der Waals surface area contributed by atoms with Gasteiger partial charge in [0.25, 0.3) is 0 Å².